The first-order valence-electron chi connectivity index (χ1n) is 9.06. The van der Waals surface area contributed by atoms with Gasteiger partial charge in [0.2, 0.25) is 0 Å². The Hall–Kier alpha value is -2.34. The second kappa shape index (κ2) is 7.91. The van der Waals surface area contributed by atoms with Crippen LogP contribution >= 0.6 is 11.8 Å². The van der Waals surface area contributed by atoms with E-state index in [-0.39, 0.29) is 0 Å². The Bertz CT molecular complexity index is 874. The summed E-state index contributed by atoms with van der Waals surface area (Å²) in [7, 11) is 0. The van der Waals surface area contributed by atoms with Gasteiger partial charge in [-0.3, -0.25) is 0 Å². The first-order chi connectivity index (χ1) is 12.8. The minimum atomic E-state index is 0.628. The van der Waals surface area contributed by atoms with Gasteiger partial charge in [-0.25, -0.2) is 15.0 Å². The van der Waals surface area contributed by atoms with E-state index < -0.39 is 0 Å². The van der Waals surface area contributed by atoms with Crippen molar-refractivity contribution in [1.29, 1.82) is 0 Å². The van der Waals surface area contributed by atoms with Crippen LogP contribution in [0.4, 0.5) is 11.6 Å². The quantitative estimate of drug-likeness (QED) is 0.633. The van der Waals surface area contributed by atoms with E-state index in [1.54, 1.807) is 24.2 Å². The van der Waals surface area contributed by atoms with E-state index in [1.165, 1.54) is 32.1 Å². The molecule has 0 radical (unpaired) electrons. The topological polar surface area (TPSA) is 63.8 Å². The number of rotatable bonds is 5. The zero-order chi connectivity index (χ0) is 17.8. The summed E-state index contributed by atoms with van der Waals surface area (Å²) < 4.78 is 5.94. The van der Waals surface area contributed by atoms with E-state index in [2.05, 4.69) is 20.3 Å². The molecule has 3 aromatic rings. The Balaban J connectivity index is 1.47. The summed E-state index contributed by atoms with van der Waals surface area (Å²) in [5.74, 6) is 2.21. The molecule has 6 heteroatoms. The monoisotopic (exact) mass is 366 g/mol. The van der Waals surface area contributed by atoms with Crippen LogP contribution in [0.5, 0.6) is 0 Å². The summed E-state index contributed by atoms with van der Waals surface area (Å²) >= 11 is 1.76. The fourth-order valence-electron chi connectivity index (χ4n) is 3.13. The van der Waals surface area contributed by atoms with Gasteiger partial charge >= 0.3 is 0 Å². The number of thioether (sulfide) groups is 1. The average molecular weight is 366 g/mol. The highest BCUT2D eigenvalue weighted by atomic mass is 32.2. The van der Waals surface area contributed by atoms with Gasteiger partial charge in [0.1, 0.15) is 17.3 Å². The normalized spacial score (nSPS) is 15.1. The average Bonchev–Trinajstić information content (AvgIpc) is 3.11. The van der Waals surface area contributed by atoms with Crippen molar-refractivity contribution in [2.45, 2.75) is 49.5 Å². The number of hydrogen-bond acceptors (Lipinski definition) is 6. The van der Waals surface area contributed by atoms with Gasteiger partial charge in [0.05, 0.1) is 6.20 Å². The molecule has 134 valence electrons. The molecule has 0 spiro atoms. The molecule has 0 saturated heterocycles. The number of nitrogens with zero attached hydrogens (tertiary/aromatic N) is 3. The van der Waals surface area contributed by atoms with Gasteiger partial charge in [-0.15, -0.1) is 0 Å². The van der Waals surface area contributed by atoms with Crippen LogP contribution in [-0.4, -0.2) is 20.2 Å². The van der Waals surface area contributed by atoms with Gasteiger partial charge in [-0.05, 0) is 49.6 Å². The van der Waals surface area contributed by atoms with Gasteiger partial charge in [-0.2, -0.15) is 0 Å². The van der Waals surface area contributed by atoms with Crippen molar-refractivity contribution >= 4 is 23.4 Å². The van der Waals surface area contributed by atoms with Crippen molar-refractivity contribution in [2.24, 2.45) is 0 Å². The van der Waals surface area contributed by atoms with Crippen molar-refractivity contribution in [1.82, 2.24) is 15.0 Å². The lowest BCUT2D eigenvalue weighted by molar-refractivity contribution is 0.457. The highest BCUT2D eigenvalue weighted by molar-refractivity contribution is 7.99. The maximum Gasteiger partial charge on any atom is 0.256 e. The first-order valence-corrected chi connectivity index (χ1v) is 9.94. The Morgan fingerprint density at radius 3 is 2.81 bits per heavy atom. The van der Waals surface area contributed by atoms with E-state index in [0.717, 1.165) is 28.1 Å². The van der Waals surface area contributed by atoms with Gasteiger partial charge in [0.25, 0.3) is 5.22 Å². The van der Waals surface area contributed by atoms with Crippen molar-refractivity contribution < 1.29 is 4.42 Å². The fourth-order valence-corrected chi connectivity index (χ4v) is 4.24. The summed E-state index contributed by atoms with van der Waals surface area (Å²) in [6, 6.07) is 9.76. The van der Waals surface area contributed by atoms with Crippen LogP contribution in [0.15, 0.2) is 52.4 Å². The molecular formula is C20H22N4OS. The van der Waals surface area contributed by atoms with Crippen LogP contribution < -0.4 is 5.32 Å². The fraction of sp³-hybridized carbons (Fsp3) is 0.350. The van der Waals surface area contributed by atoms with Gasteiger partial charge in [-0.1, -0.05) is 37.1 Å². The minimum absolute atomic E-state index is 0.628. The summed E-state index contributed by atoms with van der Waals surface area (Å²) in [5.41, 5.74) is 1.92. The molecule has 0 atom stereocenters. The predicted molar refractivity (Wildman–Crippen MR) is 105 cm³/mol. The first kappa shape index (κ1) is 17.1. The van der Waals surface area contributed by atoms with Crippen molar-refractivity contribution in [2.75, 3.05) is 5.32 Å². The van der Waals surface area contributed by atoms with E-state index >= 15 is 0 Å². The molecule has 1 aliphatic rings. The molecule has 1 N–H and O–H groups in total. The molecule has 1 saturated carbocycles. The summed E-state index contributed by atoms with van der Waals surface area (Å²) in [5, 5.41) is 4.61. The second-order valence-electron chi connectivity index (χ2n) is 6.62. The molecule has 3 aromatic heterocycles. The lowest BCUT2D eigenvalue weighted by Crippen LogP contribution is -2.07. The number of pyridine rings is 2. The Kier molecular flexibility index (Phi) is 5.20. The molecule has 0 bridgehead atoms. The molecule has 4 rings (SSSR count). The third-order valence-electron chi connectivity index (χ3n) is 4.48. The SMILES string of the molecule is Cc1ccnc(Nc2cccc(-c3cnc(SC4CCCCC4)o3)n2)c1. The molecule has 0 unspecified atom stereocenters. The minimum Gasteiger partial charge on any atom is -0.430 e. The molecule has 0 amide bonds. The van der Waals surface area contributed by atoms with E-state index in [4.69, 9.17) is 4.42 Å². The van der Waals surface area contributed by atoms with Crippen LogP contribution in [0.3, 0.4) is 0 Å². The Morgan fingerprint density at radius 1 is 1.08 bits per heavy atom. The van der Waals surface area contributed by atoms with Crippen LogP contribution in [0, 0.1) is 6.92 Å². The molecule has 0 aromatic carbocycles. The van der Waals surface area contributed by atoms with E-state index in [1.807, 2.05) is 37.3 Å². The molecular weight excluding hydrogens is 344 g/mol. The standard InChI is InChI=1S/C20H22N4OS/c1-14-10-11-21-19(12-14)24-18-9-5-8-16(23-18)17-13-22-20(25-17)26-15-6-3-2-4-7-15/h5,8-13,15H,2-4,6-7H2,1H3,(H,21,23,24). The zero-order valence-electron chi connectivity index (χ0n) is 14.8. The van der Waals surface area contributed by atoms with Crippen molar-refractivity contribution in [3.8, 4) is 11.5 Å². The molecule has 26 heavy (non-hydrogen) atoms. The number of hydrogen-bond donors (Lipinski definition) is 1. The highest BCUT2D eigenvalue weighted by Gasteiger charge is 2.18. The van der Waals surface area contributed by atoms with Gasteiger partial charge in [0.15, 0.2) is 5.76 Å². The Labute approximate surface area is 157 Å². The maximum absolute atomic E-state index is 5.94. The van der Waals surface area contributed by atoms with Gasteiger partial charge in [0, 0.05) is 11.4 Å². The molecule has 3 heterocycles. The number of aryl methyl sites for hydroxylation is 1. The summed E-state index contributed by atoms with van der Waals surface area (Å²) in [6.45, 7) is 2.04. The third-order valence-corrected chi connectivity index (χ3v) is 5.67. The number of anilines is 2. The van der Waals surface area contributed by atoms with E-state index in [0.29, 0.717) is 11.0 Å². The largest absolute Gasteiger partial charge is 0.430 e. The zero-order valence-corrected chi connectivity index (χ0v) is 15.6. The second-order valence-corrected chi connectivity index (χ2v) is 7.87. The summed E-state index contributed by atoms with van der Waals surface area (Å²) in [4.78, 5) is 13.4. The van der Waals surface area contributed by atoms with Crippen LogP contribution in [0.25, 0.3) is 11.5 Å². The van der Waals surface area contributed by atoms with Crippen LogP contribution in [0.2, 0.25) is 0 Å². The molecule has 1 fully saturated rings. The third kappa shape index (κ3) is 4.25. The highest BCUT2D eigenvalue weighted by Crippen LogP contribution is 2.34. The van der Waals surface area contributed by atoms with Crippen molar-refractivity contribution in [3.63, 3.8) is 0 Å². The lowest BCUT2D eigenvalue weighted by Gasteiger charge is -2.18. The molecule has 5 nitrogen and oxygen atoms in total. The lowest BCUT2D eigenvalue weighted by atomic mass is 10.0. The number of oxazole rings is 1. The number of aromatic nitrogens is 3. The van der Waals surface area contributed by atoms with Crippen LogP contribution in [0.1, 0.15) is 37.7 Å². The molecule has 0 aliphatic heterocycles. The van der Waals surface area contributed by atoms with E-state index in [9.17, 15) is 0 Å². The van der Waals surface area contributed by atoms with Gasteiger partial charge < -0.3 is 9.73 Å². The number of nitrogens with one attached hydrogen (secondary N) is 1. The summed E-state index contributed by atoms with van der Waals surface area (Å²) in [6.07, 6.45) is 10.0. The Morgan fingerprint density at radius 2 is 1.96 bits per heavy atom. The molecule has 1 aliphatic carbocycles. The predicted octanol–water partition coefficient (Wildman–Crippen LogP) is 5.61. The smallest absolute Gasteiger partial charge is 0.256 e. The van der Waals surface area contributed by atoms with Crippen molar-refractivity contribution in [3.05, 3.63) is 48.3 Å². The van der Waals surface area contributed by atoms with Crippen LogP contribution in [-0.2, 0) is 0 Å². The maximum atomic E-state index is 5.94.